The van der Waals surface area contributed by atoms with E-state index >= 15 is 0 Å². The number of nitrogen functional groups attached to an aromatic ring is 1. The van der Waals surface area contributed by atoms with Crippen LogP contribution in [0.4, 0.5) is 5.69 Å². The van der Waals surface area contributed by atoms with Gasteiger partial charge in [-0.1, -0.05) is 29.8 Å². The average Bonchev–Trinajstić information content (AvgIpc) is 3.35. The van der Waals surface area contributed by atoms with Gasteiger partial charge in [-0.15, -0.1) is 11.3 Å². The van der Waals surface area contributed by atoms with Crippen molar-refractivity contribution in [2.45, 2.75) is 19.9 Å². The van der Waals surface area contributed by atoms with Crippen LogP contribution in [0.2, 0.25) is 0 Å². The Morgan fingerprint density at radius 3 is 2.76 bits per heavy atom. The van der Waals surface area contributed by atoms with Crippen LogP contribution in [-0.2, 0) is 13.0 Å². The lowest BCUT2D eigenvalue weighted by Crippen LogP contribution is -2.27. The first-order valence-corrected chi connectivity index (χ1v) is 10.4. The number of anilines is 1. The van der Waals surface area contributed by atoms with Gasteiger partial charge in [-0.25, -0.2) is 4.98 Å². The van der Waals surface area contributed by atoms with Gasteiger partial charge in [0.1, 0.15) is 15.5 Å². The zero-order valence-corrected chi connectivity index (χ0v) is 17.2. The van der Waals surface area contributed by atoms with Crippen LogP contribution in [0, 0.1) is 6.92 Å². The first kappa shape index (κ1) is 18.1. The normalized spacial score (nSPS) is 14.3. The number of benzene rings is 1. The maximum atomic E-state index is 13.2. The van der Waals surface area contributed by atoms with E-state index in [0.717, 1.165) is 57.9 Å². The third-order valence-corrected chi connectivity index (χ3v) is 6.61. The van der Waals surface area contributed by atoms with Crippen LogP contribution in [0.5, 0.6) is 0 Å². The molecule has 0 unspecified atom stereocenters. The van der Waals surface area contributed by atoms with Gasteiger partial charge in [0.15, 0.2) is 0 Å². The van der Waals surface area contributed by atoms with Crippen LogP contribution in [0.1, 0.15) is 32.1 Å². The number of aryl methyl sites for hydroxylation is 1. The molecule has 4 aromatic rings. The van der Waals surface area contributed by atoms with Gasteiger partial charge in [0.05, 0.1) is 12.0 Å². The van der Waals surface area contributed by atoms with Crippen LogP contribution < -0.4 is 5.73 Å². The van der Waals surface area contributed by atoms with E-state index in [9.17, 15) is 4.79 Å². The van der Waals surface area contributed by atoms with E-state index in [1.807, 2.05) is 43.3 Å². The molecule has 3 aromatic heterocycles. The predicted molar refractivity (Wildman–Crippen MR) is 116 cm³/mol. The molecule has 0 spiro atoms. The maximum Gasteiger partial charge on any atom is 0.205 e. The molecule has 4 heterocycles. The fourth-order valence-electron chi connectivity index (χ4n) is 3.96. The van der Waals surface area contributed by atoms with Crippen molar-refractivity contribution in [3.8, 4) is 11.3 Å². The summed E-state index contributed by atoms with van der Waals surface area (Å²) < 4.78 is 5.77. The highest BCUT2D eigenvalue weighted by atomic mass is 32.1. The third kappa shape index (κ3) is 2.96. The van der Waals surface area contributed by atoms with Crippen molar-refractivity contribution >= 4 is 33.0 Å². The van der Waals surface area contributed by atoms with Crippen molar-refractivity contribution < 1.29 is 9.21 Å². The number of furan rings is 1. The summed E-state index contributed by atoms with van der Waals surface area (Å²) in [6.07, 6.45) is 2.54. The molecular weight excluding hydrogens is 382 g/mol. The fourth-order valence-corrected chi connectivity index (χ4v) is 5.04. The number of aromatic nitrogens is 1. The smallest absolute Gasteiger partial charge is 0.205 e. The topological polar surface area (TPSA) is 72.4 Å². The Morgan fingerprint density at radius 2 is 2.03 bits per heavy atom. The number of carbonyl (C=O) groups is 1. The van der Waals surface area contributed by atoms with Crippen molar-refractivity contribution in [3.05, 3.63) is 69.9 Å². The molecule has 0 amide bonds. The van der Waals surface area contributed by atoms with Gasteiger partial charge in [-0.05, 0) is 31.7 Å². The van der Waals surface area contributed by atoms with E-state index in [0.29, 0.717) is 16.1 Å². The Morgan fingerprint density at radius 1 is 1.24 bits per heavy atom. The highest BCUT2D eigenvalue weighted by Crippen LogP contribution is 2.44. The van der Waals surface area contributed by atoms with Gasteiger partial charge in [0.2, 0.25) is 5.78 Å². The number of hydrogen-bond acceptors (Lipinski definition) is 6. The zero-order valence-electron chi connectivity index (χ0n) is 16.4. The van der Waals surface area contributed by atoms with E-state index in [1.54, 1.807) is 6.26 Å². The van der Waals surface area contributed by atoms with Crippen molar-refractivity contribution in [2.24, 2.45) is 0 Å². The largest absolute Gasteiger partial charge is 0.464 e. The van der Waals surface area contributed by atoms with E-state index in [-0.39, 0.29) is 5.78 Å². The number of likely N-dealkylation sites (N-methyl/N-ethyl adjacent to an activating group) is 1. The summed E-state index contributed by atoms with van der Waals surface area (Å²) in [5.41, 5.74) is 12.0. The van der Waals surface area contributed by atoms with Crippen LogP contribution in [0.3, 0.4) is 0 Å². The summed E-state index contributed by atoms with van der Waals surface area (Å²) in [7, 11) is 2.10. The van der Waals surface area contributed by atoms with Gasteiger partial charge in [-0.2, -0.15) is 0 Å². The lowest BCUT2D eigenvalue weighted by atomic mass is 9.95. The minimum absolute atomic E-state index is 0.0639. The van der Waals surface area contributed by atoms with Crippen molar-refractivity contribution in [1.29, 1.82) is 0 Å². The number of nitrogens with zero attached hydrogens (tertiary/aromatic N) is 2. The molecule has 1 aliphatic heterocycles. The van der Waals surface area contributed by atoms with Gasteiger partial charge in [0, 0.05) is 41.7 Å². The Balaban J connectivity index is 1.76. The molecule has 2 N–H and O–H groups in total. The molecule has 0 fully saturated rings. The molecule has 29 heavy (non-hydrogen) atoms. The Bertz CT molecular complexity index is 1220. The van der Waals surface area contributed by atoms with E-state index in [2.05, 4.69) is 11.9 Å². The number of rotatable bonds is 3. The van der Waals surface area contributed by atoms with Gasteiger partial charge in [-0.3, -0.25) is 4.79 Å². The molecule has 0 bridgehead atoms. The fraction of sp³-hybridized carbons (Fsp3) is 0.217. The quantitative estimate of drug-likeness (QED) is 0.504. The van der Waals surface area contributed by atoms with Crippen LogP contribution in [-0.4, -0.2) is 29.3 Å². The third-order valence-electron chi connectivity index (χ3n) is 5.51. The summed E-state index contributed by atoms with van der Waals surface area (Å²) in [4.78, 5) is 21.7. The average molecular weight is 404 g/mol. The van der Waals surface area contributed by atoms with Crippen LogP contribution in [0.15, 0.2) is 47.1 Å². The minimum Gasteiger partial charge on any atom is -0.464 e. The molecule has 1 aromatic carbocycles. The molecule has 0 aliphatic carbocycles. The van der Waals surface area contributed by atoms with E-state index in [4.69, 9.17) is 15.1 Å². The second kappa shape index (κ2) is 6.83. The van der Waals surface area contributed by atoms with Gasteiger partial charge >= 0.3 is 0 Å². The molecule has 0 radical (unpaired) electrons. The SMILES string of the molecule is Cc1ccc(C(=O)c2sc3nc4c(c(-c5ccco5)c3c2N)CN(C)CC4)cc1. The van der Waals surface area contributed by atoms with E-state index in [1.165, 1.54) is 11.3 Å². The molecule has 0 saturated carbocycles. The molecule has 5 rings (SSSR count). The highest BCUT2D eigenvalue weighted by molar-refractivity contribution is 7.21. The summed E-state index contributed by atoms with van der Waals surface area (Å²) in [5.74, 6) is 0.703. The maximum absolute atomic E-state index is 13.2. The van der Waals surface area contributed by atoms with E-state index < -0.39 is 0 Å². The molecule has 6 heteroatoms. The van der Waals surface area contributed by atoms with Gasteiger partial charge < -0.3 is 15.1 Å². The van der Waals surface area contributed by atoms with Crippen LogP contribution in [0.25, 0.3) is 21.5 Å². The van der Waals surface area contributed by atoms with Crippen LogP contribution >= 0.6 is 11.3 Å². The summed E-state index contributed by atoms with van der Waals surface area (Å²) in [5, 5.41) is 0.828. The molecular formula is C23H21N3O2S. The number of fused-ring (bicyclic) bond motifs is 2. The summed E-state index contributed by atoms with van der Waals surface area (Å²) in [6.45, 7) is 3.74. The predicted octanol–water partition coefficient (Wildman–Crippen LogP) is 4.67. The summed E-state index contributed by atoms with van der Waals surface area (Å²) >= 11 is 1.38. The number of nitrogens with two attached hydrogens (primary N) is 1. The minimum atomic E-state index is -0.0639. The Kier molecular flexibility index (Phi) is 4.26. The number of pyridine rings is 1. The lowest BCUT2D eigenvalue weighted by molar-refractivity contribution is 0.104. The van der Waals surface area contributed by atoms with Crippen molar-refractivity contribution in [2.75, 3.05) is 19.3 Å². The van der Waals surface area contributed by atoms with Crippen molar-refractivity contribution in [3.63, 3.8) is 0 Å². The lowest BCUT2D eigenvalue weighted by Gasteiger charge is -2.26. The number of ketones is 1. The molecule has 5 nitrogen and oxygen atoms in total. The molecule has 0 atom stereocenters. The Hall–Kier alpha value is -2.96. The second-order valence-electron chi connectivity index (χ2n) is 7.60. The first-order valence-electron chi connectivity index (χ1n) is 9.60. The van der Waals surface area contributed by atoms with Gasteiger partial charge in [0.25, 0.3) is 0 Å². The number of hydrogen-bond donors (Lipinski definition) is 1. The highest BCUT2D eigenvalue weighted by Gasteiger charge is 2.28. The summed E-state index contributed by atoms with van der Waals surface area (Å²) in [6, 6.07) is 11.4. The molecule has 1 aliphatic rings. The number of thiophene rings is 1. The van der Waals surface area contributed by atoms with Crippen molar-refractivity contribution in [1.82, 2.24) is 9.88 Å². The zero-order chi connectivity index (χ0) is 20.1. The standard InChI is InChI=1S/C23H21N3O2S/c1-13-5-7-14(8-6-13)21(27)22-20(24)19-18(17-4-3-11-28-17)15-12-26(2)10-9-16(15)25-23(19)29-22/h3-8,11H,9-10,12,24H2,1-2H3. The first-order chi connectivity index (χ1) is 14.0. The Labute approximate surface area is 172 Å². The second-order valence-corrected chi connectivity index (χ2v) is 8.60. The monoisotopic (exact) mass is 403 g/mol. The molecule has 0 saturated heterocycles. The number of carbonyl (C=O) groups excluding carboxylic acids is 1. The molecule has 146 valence electrons.